The van der Waals surface area contributed by atoms with E-state index in [0.29, 0.717) is 32.7 Å². The number of carbonyl (C=O) groups excluding carboxylic acids is 2. The highest BCUT2D eigenvalue weighted by Crippen LogP contribution is 2.13. The highest BCUT2D eigenvalue weighted by Gasteiger charge is 2.28. The van der Waals surface area contributed by atoms with E-state index in [0.717, 1.165) is 0 Å². The topological polar surface area (TPSA) is 92.8 Å². The summed E-state index contributed by atoms with van der Waals surface area (Å²) in [4.78, 5) is 26.9. The maximum atomic E-state index is 12.7. The van der Waals surface area contributed by atoms with Crippen LogP contribution in [0.5, 0.6) is 0 Å². The van der Waals surface area contributed by atoms with Gasteiger partial charge in [-0.15, -0.1) is 0 Å². The molecule has 150 valence electrons. The van der Waals surface area contributed by atoms with Crippen LogP contribution in [0.15, 0.2) is 35.2 Å². The van der Waals surface area contributed by atoms with Gasteiger partial charge in [0.05, 0.1) is 23.9 Å². The average Bonchev–Trinajstić information content (AvgIpc) is 2.66. The maximum Gasteiger partial charge on any atom is 0.245 e. The predicted molar refractivity (Wildman–Crippen MR) is 102 cm³/mol. The molecule has 7 nitrogen and oxygen atoms in total. The molecule has 1 heterocycles. The van der Waals surface area contributed by atoms with Crippen LogP contribution in [0.25, 0.3) is 0 Å². The summed E-state index contributed by atoms with van der Waals surface area (Å²) in [6, 6.07) is 7.40. The fourth-order valence-electron chi connectivity index (χ4n) is 2.94. The quantitative estimate of drug-likeness (QED) is 0.714. The smallest absolute Gasteiger partial charge is 0.245 e. The van der Waals surface area contributed by atoms with Gasteiger partial charge < -0.3 is 15.0 Å². The van der Waals surface area contributed by atoms with Crippen LogP contribution in [0, 0.1) is 5.92 Å². The molecule has 1 atom stereocenters. The maximum absolute atomic E-state index is 12.7. The highest BCUT2D eigenvalue weighted by atomic mass is 32.2. The zero-order valence-electron chi connectivity index (χ0n) is 15.9. The lowest BCUT2D eigenvalue weighted by molar-refractivity contribution is -0.140. The summed E-state index contributed by atoms with van der Waals surface area (Å²) < 4.78 is 29.9. The molecule has 1 aromatic carbocycles. The van der Waals surface area contributed by atoms with E-state index in [-0.39, 0.29) is 28.9 Å². The first-order valence-electron chi connectivity index (χ1n) is 9.23. The van der Waals surface area contributed by atoms with E-state index in [2.05, 4.69) is 5.32 Å². The third-order valence-corrected chi connectivity index (χ3v) is 6.10. The first-order chi connectivity index (χ1) is 12.8. The Morgan fingerprint density at radius 2 is 1.78 bits per heavy atom. The summed E-state index contributed by atoms with van der Waals surface area (Å²) in [7, 11) is -3.53. The van der Waals surface area contributed by atoms with Crippen LogP contribution < -0.4 is 5.32 Å². The molecule has 0 radical (unpaired) electrons. The second-order valence-corrected chi connectivity index (χ2v) is 9.18. The van der Waals surface area contributed by atoms with Gasteiger partial charge in [-0.1, -0.05) is 32.0 Å². The fraction of sp³-hybridized carbons (Fsp3) is 0.579. The van der Waals surface area contributed by atoms with Crippen LogP contribution in [-0.2, 0) is 24.2 Å². The van der Waals surface area contributed by atoms with Crippen molar-refractivity contribution < 1.29 is 22.7 Å². The molecule has 0 aliphatic carbocycles. The van der Waals surface area contributed by atoms with Gasteiger partial charge in [-0.2, -0.15) is 0 Å². The van der Waals surface area contributed by atoms with Crippen LogP contribution in [0.4, 0.5) is 0 Å². The fourth-order valence-corrected chi connectivity index (χ4v) is 4.20. The predicted octanol–water partition coefficient (Wildman–Crippen LogP) is 1.24. The Kier molecular flexibility index (Phi) is 7.79. The zero-order valence-corrected chi connectivity index (χ0v) is 16.7. The van der Waals surface area contributed by atoms with E-state index < -0.39 is 21.8 Å². The molecular weight excluding hydrogens is 368 g/mol. The Hall–Kier alpha value is -1.93. The normalized spacial score (nSPS) is 16.2. The van der Waals surface area contributed by atoms with Gasteiger partial charge in [-0.25, -0.2) is 8.42 Å². The molecular formula is C19H28N2O5S. The van der Waals surface area contributed by atoms with Crippen molar-refractivity contribution in [1.82, 2.24) is 10.2 Å². The van der Waals surface area contributed by atoms with Crippen molar-refractivity contribution in [1.29, 1.82) is 0 Å². The number of nitrogens with one attached hydrogen (secondary N) is 1. The molecule has 0 spiro atoms. The summed E-state index contributed by atoms with van der Waals surface area (Å²) in [5, 5.41) is 2.73. The van der Waals surface area contributed by atoms with Crippen LogP contribution in [0.3, 0.4) is 0 Å². The Labute approximate surface area is 161 Å². The van der Waals surface area contributed by atoms with Gasteiger partial charge in [0.1, 0.15) is 6.04 Å². The molecule has 1 saturated heterocycles. The van der Waals surface area contributed by atoms with Gasteiger partial charge in [-0.3, -0.25) is 9.59 Å². The molecule has 0 bridgehead atoms. The highest BCUT2D eigenvalue weighted by molar-refractivity contribution is 7.91. The summed E-state index contributed by atoms with van der Waals surface area (Å²) in [6.45, 7) is 5.95. The van der Waals surface area contributed by atoms with Gasteiger partial charge >= 0.3 is 0 Å². The van der Waals surface area contributed by atoms with Crippen LogP contribution in [0.2, 0.25) is 0 Å². The number of ether oxygens (including phenoxy) is 1. The van der Waals surface area contributed by atoms with E-state index >= 15 is 0 Å². The molecule has 1 aliphatic heterocycles. The minimum atomic E-state index is -3.53. The number of sulfone groups is 1. The lowest BCUT2D eigenvalue weighted by Gasteiger charge is -2.31. The lowest BCUT2D eigenvalue weighted by Crippen LogP contribution is -2.52. The summed E-state index contributed by atoms with van der Waals surface area (Å²) >= 11 is 0. The average molecular weight is 397 g/mol. The largest absolute Gasteiger partial charge is 0.378 e. The van der Waals surface area contributed by atoms with Crippen LogP contribution >= 0.6 is 0 Å². The molecule has 1 aromatic rings. The van der Waals surface area contributed by atoms with E-state index in [1.165, 1.54) is 12.1 Å². The standard InChI is InChI=1S/C19H28N2O5S/c1-15(2)14-17(19(23)21-9-11-26-12-10-21)20-18(22)8-13-27(24,25)16-6-4-3-5-7-16/h3-7,15,17H,8-14H2,1-2H3,(H,20,22)/t17-/m0/s1. The molecule has 1 N–H and O–H groups in total. The van der Waals surface area contributed by atoms with Crippen molar-refractivity contribution in [3.8, 4) is 0 Å². The summed E-state index contributed by atoms with van der Waals surface area (Å²) in [5.41, 5.74) is 0. The number of carbonyl (C=O) groups is 2. The van der Waals surface area contributed by atoms with Crippen molar-refractivity contribution in [3.63, 3.8) is 0 Å². The second kappa shape index (κ2) is 9.85. The molecule has 0 saturated carbocycles. The lowest BCUT2D eigenvalue weighted by atomic mass is 10.0. The van der Waals surface area contributed by atoms with Gasteiger partial charge in [0.2, 0.25) is 11.8 Å². The van der Waals surface area contributed by atoms with E-state index in [9.17, 15) is 18.0 Å². The molecule has 2 amide bonds. The number of benzene rings is 1. The summed E-state index contributed by atoms with van der Waals surface area (Å²) in [6.07, 6.45) is 0.329. The van der Waals surface area contributed by atoms with Crippen molar-refractivity contribution >= 4 is 21.7 Å². The first-order valence-corrected chi connectivity index (χ1v) is 10.9. The second-order valence-electron chi connectivity index (χ2n) is 7.07. The number of morpholine rings is 1. The van der Waals surface area contributed by atoms with E-state index in [1.807, 2.05) is 13.8 Å². The van der Waals surface area contributed by atoms with Crippen molar-refractivity contribution in [2.75, 3.05) is 32.1 Å². The summed E-state index contributed by atoms with van der Waals surface area (Å²) in [5.74, 6) is -0.635. The Balaban J connectivity index is 1.95. The molecule has 0 aromatic heterocycles. The van der Waals surface area contributed by atoms with Gasteiger partial charge in [0, 0.05) is 19.5 Å². The van der Waals surface area contributed by atoms with Crippen molar-refractivity contribution in [2.45, 2.75) is 37.6 Å². The van der Waals surface area contributed by atoms with E-state index in [4.69, 9.17) is 4.74 Å². The molecule has 27 heavy (non-hydrogen) atoms. The Bertz CT molecular complexity index is 728. The third kappa shape index (κ3) is 6.62. The Morgan fingerprint density at radius 3 is 2.37 bits per heavy atom. The molecule has 0 unspecified atom stereocenters. The molecule has 1 fully saturated rings. The van der Waals surface area contributed by atoms with Crippen molar-refractivity contribution in [3.05, 3.63) is 30.3 Å². The first kappa shape index (κ1) is 21.4. The van der Waals surface area contributed by atoms with Crippen molar-refractivity contribution in [2.24, 2.45) is 5.92 Å². The molecule has 8 heteroatoms. The SMILES string of the molecule is CC(C)C[C@H](NC(=O)CCS(=O)(=O)c1ccccc1)C(=O)N1CCOCC1. The number of hydrogen-bond acceptors (Lipinski definition) is 5. The van der Waals surface area contributed by atoms with Crippen LogP contribution in [-0.4, -0.2) is 63.2 Å². The third-order valence-electron chi connectivity index (χ3n) is 4.36. The number of amides is 2. The minimum Gasteiger partial charge on any atom is -0.378 e. The van der Waals surface area contributed by atoms with Gasteiger partial charge in [0.15, 0.2) is 9.84 Å². The minimum absolute atomic E-state index is 0.133. The van der Waals surface area contributed by atoms with Crippen LogP contribution in [0.1, 0.15) is 26.7 Å². The van der Waals surface area contributed by atoms with Gasteiger partial charge in [0.25, 0.3) is 0 Å². The Morgan fingerprint density at radius 1 is 1.15 bits per heavy atom. The number of rotatable bonds is 8. The van der Waals surface area contributed by atoms with Gasteiger partial charge in [-0.05, 0) is 24.5 Å². The van der Waals surface area contributed by atoms with E-state index in [1.54, 1.807) is 23.1 Å². The zero-order chi connectivity index (χ0) is 19.9. The molecule has 1 aliphatic rings. The number of hydrogen-bond donors (Lipinski definition) is 1. The monoisotopic (exact) mass is 396 g/mol. The number of nitrogens with zero attached hydrogens (tertiary/aromatic N) is 1. The molecule has 2 rings (SSSR count).